The van der Waals surface area contributed by atoms with Gasteiger partial charge in [0.05, 0.1) is 24.5 Å². The zero-order valence-corrected chi connectivity index (χ0v) is 18.7. The van der Waals surface area contributed by atoms with E-state index in [1.807, 2.05) is 0 Å². The molecular weight excluding hydrogens is 484 g/mol. The summed E-state index contributed by atoms with van der Waals surface area (Å²) in [6.07, 6.45) is -2.02. The number of imidazole rings is 1. The highest BCUT2D eigenvalue weighted by atomic mass is 19.4. The molecule has 4 aromatic rings. The zero-order valence-electron chi connectivity index (χ0n) is 19.7. The number of nitrogens with one attached hydrogen (secondary N) is 2. The number of hydrogen-bond acceptors (Lipinski definition) is 6. The SMILES string of the molecule is [2H]C(NC(=O)c1cc(-c2ccc3nc(NC(C)=O)cn3n2)cnc1C)c1cc(OC(F)(F)F)ccc1F. The van der Waals surface area contributed by atoms with Gasteiger partial charge in [0.25, 0.3) is 5.91 Å². The number of hydrogen-bond donors (Lipinski definition) is 2. The number of ether oxygens (including phenoxy) is 1. The topological polar surface area (TPSA) is 111 Å². The van der Waals surface area contributed by atoms with Crippen molar-refractivity contribution in [2.24, 2.45) is 0 Å². The van der Waals surface area contributed by atoms with Crippen LogP contribution in [0.25, 0.3) is 16.9 Å². The molecule has 2 amide bonds. The molecule has 0 aliphatic rings. The lowest BCUT2D eigenvalue weighted by molar-refractivity contribution is -0.274. The smallest absolute Gasteiger partial charge is 0.406 e. The van der Waals surface area contributed by atoms with E-state index in [1.54, 1.807) is 19.1 Å². The number of anilines is 1. The van der Waals surface area contributed by atoms with E-state index >= 15 is 0 Å². The molecule has 2 N–H and O–H groups in total. The summed E-state index contributed by atoms with van der Waals surface area (Å²) in [5.41, 5.74) is 1.12. The fourth-order valence-electron chi connectivity index (χ4n) is 3.23. The summed E-state index contributed by atoms with van der Waals surface area (Å²) in [5.74, 6) is -2.51. The van der Waals surface area contributed by atoms with Crippen molar-refractivity contribution in [2.45, 2.75) is 26.7 Å². The van der Waals surface area contributed by atoms with Gasteiger partial charge in [-0.05, 0) is 43.3 Å². The third-order valence-corrected chi connectivity index (χ3v) is 4.81. The molecular formula is C23H18F4N6O3. The van der Waals surface area contributed by atoms with Crippen LogP contribution in [0.15, 0.2) is 48.8 Å². The number of pyridine rings is 1. The second kappa shape index (κ2) is 9.60. The number of rotatable bonds is 6. The molecule has 0 bridgehead atoms. The maximum Gasteiger partial charge on any atom is 0.573 e. The van der Waals surface area contributed by atoms with E-state index in [4.69, 9.17) is 1.37 Å². The molecule has 0 aliphatic heterocycles. The van der Waals surface area contributed by atoms with Crippen molar-refractivity contribution in [2.75, 3.05) is 5.32 Å². The van der Waals surface area contributed by atoms with Crippen molar-refractivity contribution >= 4 is 23.3 Å². The summed E-state index contributed by atoms with van der Waals surface area (Å²) < 4.78 is 65.0. The van der Waals surface area contributed by atoms with Crippen LogP contribution in [0.2, 0.25) is 0 Å². The molecule has 1 atom stereocenters. The van der Waals surface area contributed by atoms with Gasteiger partial charge < -0.3 is 15.4 Å². The molecule has 0 saturated heterocycles. The minimum Gasteiger partial charge on any atom is -0.406 e. The van der Waals surface area contributed by atoms with Crippen LogP contribution in [0.4, 0.5) is 23.4 Å². The molecule has 3 heterocycles. The third-order valence-electron chi connectivity index (χ3n) is 4.81. The van der Waals surface area contributed by atoms with Gasteiger partial charge in [0, 0.05) is 30.8 Å². The van der Waals surface area contributed by atoms with E-state index < -0.39 is 35.9 Å². The zero-order chi connectivity index (χ0) is 26.9. The summed E-state index contributed by atoms with van der Waals surface area (Å²) in [6.45, 7) is 1.15. The van der Waals surface area contributed by atoms with Crippen LogP contribution in [0.3, 0.4) is 0 Å². The van der Waals surface area contributed by atoms with Gasteiger partial charge in [0.1, 0.15) is 11.6 Å². The minimum absolute atomic E-state index is 0.0457. The van der Waals surface area contributed by atoms with Gasteiger partial charge in [-0.2, -0.15) is 5.10 Å². The minimum atomic E-state index is -5.00. The normalized spacial score (nSPS) is 12.7. The lowest BCUT2D eigenvalue weighted by Crippen LogP contribution is -2.25. The predicted octanol–water partition coefficient (Wildman–Crippen LogP) is 4.03. The molecule has 1 aromatic carbocycles. The van der Waals surface area contributed by atoms with Crippen molar-refractivity contribution < 1.29 is 33.3 Å². The molecule has 13 heteroatoms. The highest BCUT2D eigenvalue weighted by molar-refractivity contribution is 5.96. The van der Waals surface area contributed by atoms with Crippen molar-refractivity contribution in [1.29, 1.82) is 0 Å². The summed E-state index contributed by atoms with van der Waals surface area (Å²) in [6, 6.07) is 6.91. The van der Waals surface area contributed by atoms with E-state index in [0.717, 1.165) is 6.07 Å². The van der Waals surface area contributed by atoms with Crippen LogP contribution in [0.1, 0.15) is 29.9 Å². The van der Waals surface area contributed by atoms with Crippen LogP contribution in [-0.4, -0.2) is 37.8 Å². The Kier molecular flexibility index (Phi) is 6.19. The first kappa shape index (κ1) is 23.2. The van der Waals surface area contributed by atoms with Crippen molar-refractivity contribution in [3.05, 3.63) is 71.4 Å². The summed E-state index contributed by atoms with van der Waals surface area (Å²) >= 11 is 0. The lowest BCUT2D eigenvalue weighted by Gasteiger charge is -2.12. The third kappa shape index (κ3) is 5.74. The Morgan fingerprint density at radius 3 is 2.69 bits per heavy atom. The van der Waals surface area contributed by atoms with Crippen molar-refractivity contribution in [3.8, 4) is 17.0 Å². The predicted molar refractivity (Wildman–Crippen MR) is 120 cm³/mol. The highest BCUT2D eigenvalue weighted by Crippen LogP contribution is 2.25. The highest BCUT2D eigenvalue weighted by Gasteiger charge is 2.31. The largest absolute Gasteiger partial charge is 0.573 e. The van der Waals surface area contributed by atoms with Gasteiger partial charge in [-0.3, -0.25) is 14.6 Å². The molecule has 4 rings (SSSR count). The molecule has 0 spiro atoms. The fourth-order valence-corrected chi connectivity index (χ4v) is 3.23. The van der Waals surface area contributed by atoms with E-state index in [9.17, 15) is 27.2 Å². The van der Waals surface area contributed by atoms with Crippen LogP contribution >= 0.6 is 0 Å². The summed E-state index contributed by atoms with van der Waals surface area (Å²) in [4.78, 5) is 32.6. The Labute approximate surface area is 202 Å². The molecule has 0 aliphatic carbocycles. The average Bonchev–Trinajstić information content (AvgIpc) is 3.20. The van der Waals surface area contributed by atoms with Gasteiger partial charge >= 0.3 is 6.36 Å². The Hall–Kier alpha value is -4.55. The Morgan fingerprint density at radius 2 is 1.97 bits per heavy atom. The summed E-state index contributed by atoms with van der Waals surface area (Å²) in [7, 11) is 0. The molecule has 0 saturated carbocycles. The second-order valence-corrected chi connectivity index (χ2v) is 7.53. The van der Waals surface area contributed by atoms with Crippen molar-refractivity contribution in [3.63, 3.8) is 0 Å². The average molecular weight is 503 g/mol. The van der Waals surface area contributed by atoms with Crippen LogP contribution in [-0.2, 0) is 11.3 Å². The lowest BCUT2D eigenvalue weighted by atomic mass is 10.1. The van der Waals surface area contributed by atoms with Crippen LogP contribution in [0.5, 0.6) is 5.75 Å². The Balaban J connectivity index is 1.58. The quantitative estimate of drug-likeness (QED) is 0.385. The van der Waals surface area contributed by atoms with Gasteiger partial charge in [-0.15, -0.1) is 13.2 Å². The van der Waals surface area contributed by atoms with Gasteiger partial charge in [-0.25, -0.2) is 13.9 Å². The van der Waals surface area contributed by atoms with E-state index in [-0.39, 0.29) is 11.5 Å². The molecule has 9 nitrogen and oxygen atoms in total. The molecule has 0 radical (unpaired) electrons. The first-order chi connectivity index (χ1) is 17.4. The first-order valence-electron chi connectivity index (χ1n) is 10.9. The molecule has 0 fully saturated rings. The Morgan fingerprint density at radius 1 is 1.19 bits per heavy atom. The van der Waals surface area contributed by atoms with E-state index in [2.05, 4.69) is 30.4 Å². The number of aryl methyl sites for hydroxylation is 1. The van der Waals surface area contributed by atoms with E-state index in [0.29, 0.717) is 40.5 Å². The monoisotopic (exact) mass is 503 g/mol. The van der Waals surface area contributed by atoms with E-state index in [1.165, 1.54) is 29.9 Å². The van der Waals surface area contributed by atoms with Crippen molar-refractivity contribution in [1.82, 2.24) is 24.9 Å². The maximum atomic E-state index is 14.2. The standard InChI is InChI=1S/C23H18F4N6O3/c1-12-17(22(35)29-9-14-7-16(3-4-18(14)24)36-23(25,26)27)8-15(10-28-12)19-5-6-21-31-20(30-13(2)34)11-33(21)32-19/h3-8,10-11H,9H2,1-2H3,(H,29,35)(H,30,34)/i9D. The fraction of sp³-hybridized carbons (Fsp3) is 0.174. The molecule has 36 heavy (non-hydrogen) atoms. The van der Waals surface area contributed by atoms with Crippen LogP contribution < -0.4 is 15.4 Å². The van der Waals surface area contributed by atoms with Crippen LogP contribution in [0, 0.1) is 12.7 Å². The van der Waals surface area contributed by atoms with Gasteiger partial charge in [-0.1, -0.05) is 0 Å². The molecule has 186 valence electrons. The van der Waals surface area contributed by atoms with Gasteiger partial charge in [0.2, 0.25) is 5.91 Å². The first-order valence-corrected chi connectivity index (χ1v) is 10.3. The number of carbonyl (C=O) groups excluding carboxylic acids is 2. The number of fused-ring (bicyclic) bond motifs is 1. The number of amides is 2. The number of carbonyl (C=O) groups is 2. The number of benzene rings is 1. The van der Waals surface area contributed by atoms with Gasteiger partial charge in [0.15, 0.2) is 11.5 Å². The second-order valence-electron chi connectivity index (χ2n) is 7.53. The Bertz CT molecular complexity index is 1510. The number of halogens is 4. The summed E-state index contributed by atoms with van der Waals surface area (Å²) in [5, 5.41) is 9.20. The number of alkyl halides is 3. The number of nitrogens with zero attached hydrogens (tertiary/aromatic N) is 4. The maximum absolute atomic E-state index is 14.2. The molecule has 1 unspecified atom stereocenters. The number of aromatic nitrogens is 4. The molecule has 3 aromatic heterocycles.